The lowest BCUT2D eigenvalue weighted by Crippen LogP contribution is -2.36. The number of carbonyl (C=O) groups excluding carboxylic acids is 1. The van der Waals surface area contributed by atoms with Gasteiger partial charge in [0.15, 0.2) is 0 Å². The van der Waals surface area contributed by atoms with Crippen molar-refractivity contribution in [3.8, 4) is 0 Å². The lowest BCUT2D eigenvalue weighted by molar-refractivity contribution is -0.119. The third-order valence-electron chi connectivity index (χ3n) is 2.98. The number of rotatable bonds is 3. The van der Waals surface area contributed by atoms with Crippen LogP contribution in [0.1, 0.15) is 19.3 Å². The molecular formula is C10H18N2OS. The highest BCUT2D eigenvalue weighted by Gasteiger charge is 2.22. The summed E-state index contributed by atoms with van der Waals surface area (Å²) in [4.78, 5) is 11.0. The molecule has 0 aliphatic carbocycles. The smallest absolute Gasteiger partial charge is 0.220 e. The molecule has 2 aliphatic rings. The Morgan fingerprint density at radius 1 is 1.43 bits per heavy atom. The minimum Gasteiger partial charge on any atom is -0.356 e. The molecule has 0 bridgehead atoms. The fourth-order valence-corrected chi connectivity index (χ4v) is 3.15. The number of carbonyl (C=O) groups is 1. The molecule has 14 heavy (non-hydrogen) atoms. The summed E-state index contributed by atoms with van der Waals surface area (Å²) >= 11 is 2.05. The van der Waals surface area contributed by atoms with Crippen molar-refractivity contribution in [1.29, 1.82) is 0 Å². The topological polar surface area (TPSA) is 41.1 Å². The zero-order chi connectivity index (χ0) is 9.80. The van der Waals surface area contributed by atoms with E-state index in [9.17, 15) is 4.79 Å². The lowest BCUT2D eigenvalue weighted by Gasteiger charge is -2.23. The second-order valence-electron chi connectivity index (χ2n) is 4.17. The molecule has 4 heteroatoms. The number of thioether (sulfide) groups is 1. The van der Waals surface area contributed by atoms with Gasteiger partial charge < -0.3 is 10.6 Å². The molecule has 2 fully saturated rings. The summed E-state index contributed by atoms with van der Waals surface area (Å²) < 4.78 is 0. The Bertz CT molecular complexity index is 204. The van der Waals surface area contributed by atoms with Gasteiger partial charge in [-0.2, -0.15) is 11.8 Å². The molecule has 1 atom stereocenters. The molecule has 0 aromatic carbocycles. The van der Waals surface area contributed by atoms with Crippen LogP contribution in [0, 0.1) is 5.92 Å². The summed E-state index contributed by atoms with van der Waals surface area (Å²) in [6, 6.07) is 0.701. The molecule has 1 unspecified atom stereocenters. The van der Waals surface area contributed by atoms with Crippen LogP contribution in [0.2, 0.25) is 0 Å². The van der Waals surface area contributed by atoms with Crippen LogP contribution in [0.4, 0.5) is 0 Å². The van der Waals surface area contributed by atoms with Crippen molar-refractivity contribution in [3.63, 3.8) is 0 Å². The summed E-state index contributed by atoms with van der Waals surface area (Å²) in [7, 11) is 0. The second-order valence-corrected chi connectivity index (χ2v) is 5.39. The lowest BCUT2D eigenvalue weighted by atomic mass is 10.1. The molecule has 0 aromatic rings. The normalized spacial score (nSPS) is 29.1. The summed E-state index contributed by atoms with van der Waals surface area (Å²) in [5.74, 6) is 3.33. The Balaban J connectivity index is 1.63. The molecule has 1 amide bonds. The number of hydrogen-bond donors (Lipinski definition) is 2. The van der Waals surface area contributed by atoms with Crippen molar-refractivity contribution >= 4 is 17.7 Å². The molecule has 2 N–H and O–H groups in total. The van der Waals surface area contributed by atoms with Crippen LogP contribution in [-0.2, 0) is 4.79 Å². The van der Waals surface area contributed by atoms with Gasteiger partial charge in [0.1, 0.15) is 0 Å². The Morgan fingerprint density at radius 3 is 2.86 bits per heavy atom. The summed E-state index contributed by atoms with van der Waals surface area (Å²) in [6.45, 7) is 1.88. The van der Waals surface area contributed by atoms with Crippen LogP contribution >= 0.6 is 11.8 Å². The van der Waals surface area contributed by atoms with Crippen LogP contribution in [0.5, 0.6) is 0 Å². The van der Waals surface area contributed by atoms with E-state index < -0.39 is 0 Å². The van der Waals surface area contributed by atoms with Crippen molar-refractivity contribution in [1.82, 2.24) is 10.6 Å². The quantitative estimate of drug-likeness (QED) is 0.723. The second kappa shape index (κ2) is 5.03. The Labute approximate surface area is 89.4 Å². The maximum absolute atomic E-state index is 11.0. The first-order valence-corrected chi connectivity index (χ1v) is 6.58. The van der Waals surface area contributed by atoms with E-state index in [0.29, 0.717) is 18.4 Å². The van der Waals surface area contributed by atoms with Gasteiger partial charge in [-0.3, -0.25) is 4.79 Å². The predicted octanol–water partition coefficient (Wildman–Crippen LogP) is 0.608. The van der Waals surface area contributed by atoms with Gasteiger partial charge in [0.2, 0.25) is 5.91 Å². The average molecular weight is 214 g/mol. The molecule has 2 heterocycles. The van der Waals surface area contributed by atoms with Gasteiger partial charge in [-0.25, -0.2) is 0 Å². The molecule has 2 saturated heterocycles. The SMILES string of the molecule is O=C1CC(CNC2CCSCC2)CN1. The maximum Gasteiger partial charge on any atom is 0.220 e. The Hall–Kier alpha value is -0.220. The first-order valence-electron chi connectivity index (χ1n) is 5.42. The number of amides is 1. The highest BCUT2D eigenvalue weighted by Crippen LogP contribution is 2.17. The molecule has 0 aromatic heterocycles. The highest BCUT2D eigenvalue weighted by molar-refractivity contribution is 7.99. The van der Waals surface area contributed by atoms with E-state index in [1.807, 2.05) is 0 Å². The summed E-state index contributed by atoms with van der Waals surface area (Å²) in [5.41, 5.74) is 0. The first kappa shape index (κ1) is 10.3. The van der Waals surface area contributed by atoms with Gasteiger partial charge in [0, 0.05) is 25.6 Å². The zero-order valence-corrected chi connectivity index (χ0v) is 9.24. The minimum atomic E-state index is 0.219. The van der Waals surface area contributed by atoms with E-state index in [2.05, 4.69) is 22.4 Å². The highest BCUT2D eigenvalue weighted by atomic mass is 32.2. The molecule has 80 valence electrons. The number of nitrogens with one attached hydrogen (secondary N) is 2. The Kier molecular flexibility index (Phi) is 3.70. The standard InChI is InChI=1S/C10H18N2OS/c13-10-5-8(7-12-10)6-11-9-1-3-14-4-2-9/h8-9,11H,1-7H2,(H,12,13). The van der Waals surface area contributed by atoms with Gasteiger partial charge in [0.25, 0.3) is 0 Å². The van der Waals surface area contributed by atoms with E-state index in [0.717, 1.165) is 13.1 Å². The van der Waals surface area contributed by atoms with Crippen molar-refractivity contribution in [2.45, 2.75) is 25.3 Å². The average Bonchev–Trinajstić information content (AvgIpc) is 2.63. The van der Waals surface area contributed by atoms with Crippen LogP contribution in [0.3, 0.4) is 0 Å². The molecule has 2 aliphatic heterocycles. The van der Waals surface area contributed by atoms with Crippen molar-refractivity contribution < 1.29 is 4.79 Å². The van der Waals surface area contributed by atoms with Gasteiger partial charge in [0.05, 0.1) is 0 Å². The van der Waals surface area contributed by atoms with Crippen LogP contribution in [0.25, 0.3) is 0 Å². The Morgan fingerprint density at radius 2 is 2.21 bits per heavy atom. The van der Waals surface area contributed by atoms with Gasteiger partial charge in [-0.1, -0.05) is 0 Å². The van der Waals surface area contributed by atoms with Crippen LogP contribution < -0.4 is 10.6 Å². The fourth-order valence-electron chi connectivity index (χ4n) is 2.04. The number of hydrogen-bond acceptors (Lipinski definition) is 3. The van der Waals surface area contributed by atoms with E-state index in [-0.39, 0.29) is 5.91 Å². The van der Waals surface area contributed by atoms with E-state index in [1.165, 1.54) is 24.3 Å². The molecule has 0 saturated carbocycles. The van der Waals surface area contributed by atoms with Crippen LogP contribution in [-0.4, -0.2) is 36.5 Å². The molecule has 3 nitrogen and oxygen atoms in total. The largest absolute Gasteiger partial charge is 0.356 e. The third-order valence-corrected chi connectivity index (χ3v) is 4.03. The van der Waals surface area contributed by atoms with E-state index >= 15 is 0 Å². The summed E-state index contributed by atoms with van der Waals surface area (Å²) in [6.07, 6.45) is 3.30. The predicted molar refractivity (Wildman–Crippen MR) is 59.5 cm³/mol. The third kappa shape index (κ3) is 2.89. The van der Waals surface area contributed by atoms with Gasteiger partial charge >= 0.3 is 0 Å². The molecule has 2 rings (SSSR count). The summed E-state index contributed by atoms with van der Waals surface area (Å²) in [5, 5.41) is 6.45. The van der Waals surface area contributed by atoms with E-state index in [4.69, 9.17) is 0 Å². The zero-order valence-electron chi connectivity index (χ0n) is 8.42. The monoisotopic (exact) mass is 214 g/mol. The molecule has 0 radical (unpaired) electrons. The maximum atomic E-state index is 11.0. The molecule has 0 spiro atoms. The van der Waals surface area contributed by atoms with Gasteiger partial charge in [-0.05, 0) is 30.3 Å². The van der Waals surface area contributed by atoms with Gasteiger partial charge in [-0.15, -0.1) is 0 Å². The van der Waals surface area contributed by atoms with Crippen molar-refractivity contribution in [2.75, 3.05) is 24.6 Å². The minimum absolute atomic E-state index is 0.219. The molecular weight excluding hydrogens is 196 g/mol. The fraction of sp³-hybridized carbons (Fsp3) is 0.900. The van der Waals surface area contributed by atoms with E-state index in [1.54, 1.807) is 0 Å². The van der Waals surface area contributed by atoms with Crippen molar-refractivity contribution in [3.05, 3.63) is 0 Å². The van der Waals surface area contributed by atoms with Crippen molar-refractivity contribution in [2.24, 2.45) is 5.92 Å². The first-order chi connectivity index (χ1) is 6.84. The van der Waals surface area contributed by atoms with Crippen LogP contribution in [0.15, 0.2) is 0 Å².